The standard InChI is InChI=1S/C19H28N2/c1-2-8-18-15(5-1)6-3-7-17(18)13-21-12-4-11-20-19(14-21)16-9-10-16/h1-2,5,8,16-17,19-20H,3-4,6-7,9-14H2. The van der Waals surface area contributed by atoms with Gasteiger partial charge >= 0.3 is 0 Å². The molecule has 1 aliphatic heterocycles. The van der Waals surface area contributed by atoms with Crippen molar-refractivity contribution >= 4 is 0 Å². The number of aryl methyl sites for hydroxylation is 1. The van der Waals surface area contributed by atoms with Gasteiger partial charge in [0, 0.05) is 19.1 Å². The molecule has 114 valence electrons. The SMILES string of the molecule is c1ccc2c(c1)CCCC2CN1CCCNC(C2CC2)C1. The number of benzene rings is 1. The van der Waals surface area contributed by atoms with Gasteiger partial charge in [-0.15, -0.1) is 0 Å². The van der Waals surface area contributed by atoms with Crippen LogP contribution in [0.1, 0.15) is 49.1 Å². The summed E-state index contributed by atoms with van der Waals surface area (Å²) in [6.45, 7) is 5.07. The van der Waals surface area contributed by atoms with Gasteiger partial charge in [-0.1, -0.05) is 24.3 Å². The van der Waals surface area contributed by atoms with Gasteiger partial charge in [-0.3, -0.25) is 0 Å². The van der Waals surface area contributed by atoms with Crippen molar-refractivity contribution in [2.45, 2.75) is 50.5 Å². The zero-order valence-corrected chi connectivity index (χ0v) is 13.1. The molecular formula is C19H28N2. The number of nitrogens with one attached hydrogen (secondary N) is 1. The van der Waals surface area contributed by atoms with Crippen molar-refractivity contribution in [1.29, 1.82) is 0 Å². The Morgan fingerprint density at radius 2 is 2.00 bits per heavy atom. The van der Waals surface area contributed by atoms with E-state index in [1.54, 1.807) is 11.1 Å². The third-order valence-electron chi connectivity index (χ3n) is 5.68. The molecule has 1 saturated carbocycles. The molecule has 2 nitrogen and oxygen atoms in total. The molecule has 2 fully saturated rings. The second-order valence-corrected chi connectivity index (χ2v) is 7.30. The summed E-state index contributed by atoms with van der Waals surface area (Å²) >= 11 is 0. The Kier molecular flexibility index (Phi) is 4.00. The van der Waals surface area contributed by atoms with Gasteiger partial charge in [0.2, 0.25) is 0 Å². The van der Waals surface area contributed by atoms with Crippen molar-refractivity contribution in [3.05, 3.63) is 35.4 Å². The quantitative estimate of drug-likeness (QED) is 0.917. The second kappa shape index (κ2) is 6.10. The van der Waals surface area contributed by atoms with E-state index >= 15 is 0 Å². The summed E-state index contributed by atoms with van der Waals surface area (Å²) in [5.41, 5.74) is 3.25. The molecule has 2 unspecified atom stereocenters. The number of fused-ring (bicyclic) bond motifs is 1. The van der Waals surface area contributed by atoms with Crippen molar-refractivity contribution in [3.8, 4) is 0 Å². The Hall–Kier alpha value is -0.860. The van der Waals surface area contributed by atoms with Crippen LogP contribution in [0, 0.1) is 5.92 Å². The smallest absolute Gasteiger partial charge is 0.0223 e. The maximum Gasteiger partial charge on any atom is 0.0223 e. The van der Waals surface area contributed by atoms with Gasteiger partial charge in [0.1, 0.15) is 0 Å². The van der Waals surface area contributed by atoms with E-state index in [1.807, 2.05) is 0 Å². The predicted octanol–water partition coefficient (Wildman–Crippen LogP) is 3.18. The first-order chi connectivity index (χ1) is 10.4. The average molecular weight is 284 g/mol. The minimum Gasteiger partial charge on any atom is -0.312 e. The van der Waals surface area contributed by atoms with Crippen LogP contribution in [0.3, 0.4) is 0 Å². The summed E-state index contributed by atoms with van der Waals surface area (Å²) in [4.78, 5) is 2.76. The molecule has 4 rings (SSSR count). The highest BCUT2D eigenvalue weighted by Gasteiger charge is 2.33. The van der Waals surface area contributed by atoms with Gasteiger partial charge in [-0.05, 0) is 74.6 Å². The minimum absolute atomic E-state index is 0.770. The first kappa shape index (κ1) is 13.8. The molecule has 1 aromatic carbocycles. The Labute approximate surface area is 128 Å². The summed E-state index contributed by atoms with van der Waals surface area (Å²) in [6.07, 6.45) is 8.28. The molecule has 1 aromatic rings. The highest BCUT2D eigenvalue weighted by Crippen LogP contribution is 2.35. The molecule has 2 atom stereocenters. The fraction of sp³-hybridized carbons (Fsp3) is 0.684. The molecule has 2 aliphatic carbocycles. The van der Waals surface area contributed by atoms with Crippen molar-refractivity contribution in [1.82, 2.24) is 10.2 Å². The lowest BCUT2D eigenvalue weighted by Gasteiger charge is -2.32. The first-order valence-corrected chi connectivity index (χ1v) is 8.94. The molecule has 3 aliphatic rings. The molecule has 1 heterocycles. The maximum absolute atomic E-state index is 3.79. The van der Waals surface area contributed by atoms with E-state index in [2.05, 4.69) is 34.5 Å². The minimum atomic E-state index is 0.770. The Balaban J connectivity index is 1.45. The molecule has 0 amide bonds. The maximum atomic E-state index is 3.79. The summed E-state index contributed by atoms with van der Waals surface area (Å²) < 4.78 is 0. The van der Waals surface area contributed by atoms with Crippen LogP contribution in [-0.2, 0) is 6.42 Å². The van der Waals surface area contributed by atoms with Gasteiger partial charge in [0.15, 0.2) is 0 Å². The summed E-state index contributed by atoms with van der Waals surface area (Å²) in [7, 11) is 0. The first-order valence-electron chi connectivity index (χ1n) is 8.94. The van der Waals surface area contributed by atoms with Gasteiger partial charge in [-0.25, -0.2) is 0 Å². The molecule has 0 radical (unpaired) electrons. The molecule has 1 saturated heterocycles. The largest absolute Gasteiger partial charge is 0.312 e. The van der Waals surface area contributed by atoms with Crippen LogP contribution >= 0.6 is 0 Å². The van der Waals surface area contributed by atoms with E-state index in [0.29, 0.717) is 0 Å². The average Bonchev–Trinajstić information content (AvgIpc) is 3.35. The number of hydrogen-bond acceptors (Lipinski definition) is 2. The van der Waals surface area contributed by atoms with Crippen molar-refractivity contribution in [2.75, 3.05) is 26.2 Å². The van der Waals surface area contributed by atoms with Crippen LogP contribution in [-0.4, -0.2) is 37.1 Å². The highest BCUT2D eigenvalue weighted by atomic mass is 15.2. The van der Waals surface area contributed by atoms with E-state index < -0.39 is 0 Å². The van der Waals surface area contributed by atoms with Gasteiger partial charge < -0.3 is 10.2 Å². The lowest BCUT2D eigenvalue weighted by atomic mass is 9.82. The zero-order chi connectivity index (χ0) is 14.1. The van der Waals surface area contributed by atoms with Crippen LogP contribution in [0.5, 0.6) is 0 Å². The predicted molar refractivity (Wildman–Crippen MR) is 87.7 cm³/mol. The third kappa shape index (κ3) is 3.17. The Morgan fingerprint density at radius 1 is 1.10 bits per heavy atom. The fourth-order valence-corrected chi connectivity index (χ4v) is 4.36. The molecule has 0 spiro atoms. The van der Waals surface area contributed by atoms with E-state index in [4.69, 9.17) is 0 Å². The van der Waals surface area contributed by atoms with Crippen molar-refractivity contribution < 1.29 is 0 Å². The van der Waals surface area contributed by atoms with Crippen molar-refractivity contribution in [2.24, 2.45) is 5.92 Å². The van der Waals surface area contributed by atoms with E-state index in [9.17, 15) is 0 Å². The van der Waals surface area contributed by atoms with Crippen LogP contribution in [0.15, 0.2) is 24.3 Å². The van der Waals surface area contributed by atoms with E-state index in [1.165, 1.54) is 64.7 Å². The molecular weight excluding hydrogens is 256 g/mol. The van der Waals surface area contributed by atoms with Crippen LogP contribution in [0.2, 0.25) is 0 Å². The molecule has 2 heteroatoms. The fourth-order valence-electron chi connectivity index (χ4n) is 4.36. The van der Waals surface area contributed by atoms with E-state index in [0.717, 1.165) is 17.9 Å². The van der Waals surface area contributed by atoms with Crippen LogP contribution in [0.4, 0.5) is 0 Å². The molecule has 21 heavy (non-hydrogen) atoms. The normalized spacial score (nSPS) is 30.7. The van der Waals surface area contributed by atoms with Crippen molar-refractivity contribution in [3.63, 3.8) is 0 Å². The second-order valence-electron chi connectivity index (χ2n) is 7.30. The highest BCUT2D eigenvalue weighted by molar-refractivity contribution is 5.32. The lowest BCUT2D eigenvalue weighted by Crippen LogP contribution is -2.40. The van der Waals surface area contributed by atoms with Gasteiger partial charge in [0.05, 0.1) is 0 Å². The number of nitrogens with zero attached hydrogens (tertiary/aromatic N) is 1. The van der Waals surface area contributed by atoms with E-state index in [-0.39, 0.29) is 0 Å². The zero-order valence-electron chi connectivity index (χ0n) is 13.1. The number of hydrogen-bond donors (Lipinski definition) is 1. The molecule has 1 N–H and O–H groups in total. The van der Waals surface area contributed by atoms with Crippen LogP contribution < -0.4 is 5.32 Å². The van der Waals surface area contributed by atoms with Crippen LogP contribution in [0.25, 0.3) is 0 Å². The van der Waals surface area contributed by atoms with Gasteiger partial charge in [-0.2, -0.15) is 0 Å². The Bertz CT molecular complexity index is 480. The summed E-state index contributed by atoms with van der Waals surface area (Å²) in [5.74, 6) is 1.75. The molecule has 0 aromatic heterocycles. The third-order valence-corrected chi connectivity index (χ3v) is 5.68. The monoisotopic (exact) mass is 284 g/mol. The van der Waals surface area contributed by atoms with Gasteiger partial charge in [0.25, 0.3) is 0 Å². The lowest BCUT2D eigenvalue weighted by molar-refractivity contribution is 0.236. The topological polar surface area (TPSA) is 15.3 Å². The number of rotatable bonds is 3. The summed E-state index contributed by atoms with van der Waals surface area (Å²) in [6, 6.07) is 9.94. The Morgan fingerprint density at radius 3 is 2.90 bits per heavy atom. The molecule has 0 bridgehead atoms. The summed E-state index contributed by atoms with van der Waals surface area (Å²) in [5, 5.41) is 3.79.